The summed E-state index contributed by atoms with van der Waals surface area (Å²) in [7, 11) is 0. The second kappa shape index (κ2) is 6.12. The molecule has 0 fully saturated rings. The molecule has 0 aliphatic rings. The average molecular weight is 222 g/mol. The van der Waals surface area contributed by atoms with Crippen LogP contribution in [0.4, 0.5) is 5.69 Å². The fourth-order valence-electron chi connectivity index (χ4n) is 1.55. The Bertz CT molecular complexity index is 353. The number of amides is 1. The van der Waals surface area contributed by atoms with Gasteiger partial charge in [-0.25, -0.2) is 0 Å². The van der Waals surface area contributed by atoms with E-state index in [-0.39, 0.29) is 12.5 Å². The number of nitrogens with two attached hydrogens (primary N) is 1. The van der Waals surface area contributed by atoms with Gasteiger partial charge < -0.3 is 15.4 Å². The molecule has 0 radical (unpaired) electrons. The highest BCUT2D eigenvalue weighted by Crippen LogP contribution is 2.27. The number of benzene rings is 1. The number of hydrogen-bond acceptors (Lipinski definition) is 3. The zero-order valence-corrected chi connectivity index (χ0v) is 9.77. The van der Waals surface area contributed by atoms with Crippen molar-refractivity contribution < 1.29 is 9.53 Å². The Labute approximate surface area is 96.0 Å². The van der Waals surface area contributed by atoms with Crippen LogP contribution in [0.2, 0.25) is 0 Å². The molecule has 0 aliphatic carbocycles. The average Bonchev–Trinajstić information content (AvgIpc) is 2.32. The van der Waals surface area contributed by atoms with Crippen LogP contribution in [0, 0.1) is 0 Å². The maximum absolute atomic E-state index is 11.6. The Hall–Kier alpha value is -1.55. The van der Waals surface area contributed by atoms with E-state index in [4.69, 9.17) is 10.5 Å². The van der Waals surface area contributed by atoms with Gasteiger partial charge in [-0.3, -0.25) is 4.79 Å². The molecule has 88 valence electrons. The van der Waals surface area contributed by atoms with E-state index in [1.54, 1.807) is 4.90 Å². The number of hydrogen-bond donors (Lipinski definition) is 1. The maximum atomic E-state index is 11.6. The first kappa shape index (κ1) is 12.5. The second-order valence-corrected chi connectivity index (χ2v) is 3.24. The standard InChI is InChI=1S/C12H18N2O2/c1-3-14(12(15)9-13)10-7-5-6-8-11(10)16-4-2/h5-8H,3-4,9,13H2,1-2H3. The molecule has 1 aromatic carbocycles. The van der Waals surface area contributed by atoms with Gasteiger partial charge in [0, 0.05) is 6.54 Å². The maximum Gasteiger partial charge on any atom is 0.240 e. The number of para-hydroxylation sites is 2. The van der Waals surface area contributed by atoms with Gasteiger partial charge in [-0.05, 0) is 26.0 Å². The Morgan fingerprint density at radius 3 is 2.62 bits per heavy atom. The molecule has 1 aromatic rings. The monoisotopic (exact) mass is 222 g/mol. The fourth-order valence-corrected chi connectivity index (χ4v) is 1.55. The van der Waals surface area contributed by atoms with Gasteiger partial charge in [0.1, 0.15) is 5.75 Å². The fraction of sp³-hybridized carbons (Fsp3) is 0.417. The number of anilines is 1. The van der Waals surface area contributed by atoms with Gasteiger partial charge in [0.2, 0.25) is 5.91 Å². The molecule has 16 heavy (non-hydrogen) atoms. The van der Waals surface area contributed by atoms with Gasteiger partial charge >= 0.3 is 0 Å². The van der Waals surface area contributed by atoms with E-state index >= 15 is 0 Å². The van der Waals surface area contributed by atoms with Gasteiger partial charge in [-0.2, -0.15) is 0 Å². The molecule has 0 aromatic heterocycles. The number of carbonyl (C=O) groups is 1. The lowest BCUT2D eigenvalue weighted by atomic mass is 10.2. The summed E-state index contributed by atoms with van der Waals surface area (Å²) in [5.41, 5.74) is 6.16. The first-order valence-electron chi connectivity index (χ1n) is 5.46. The highest BCUT2D eigenvalue weighted by atomic mass is 16.5. The molecule has 1 rings (SSSR count). The zero-order valence-electron chi connectivity index (χ0n) is 9.77. The molecule has 4 nitrogen and oxygen atoms in total. The minimum Gasteiger partial charge on any atom is -0.492 e. The molecule has 0 unspecified atom stereocenters. The van der Waals surface area contributed by atoms with Crippen LogP contribution in [-0.4, -0.2) is 25.6 Å². The highest BCUT2D eigenvalue weighted by Gasteiger charge is 2.15. The highest BCUT2D eigenvalue weighted by molar-refractivity contribution is 5.96. The van der Waals surface area contributed by atoms with Crippen molar-refractivity contribution in [1.82, 2.24) is 0 Å². The first-order chi connectivity index (χ1) is 7.74. The smallest absolute Gasteiger partial charge is 0.240 e. The lowest BCUT2D eigenvalue weighted by Gasteiger charge is -2.22. The van der Waals surface area contributed by atoms with Crippen LogP contribution in [0.5, 0.6) is 5.75 Å². The summed E-state index contributed by atoms with van der Waals surface area (Å²) >= 11 is 0. The van der Waals surface area contributed by atoms with Crippen molar-refractivity contribution in [1.29, 1.82) is 0 Å². The normalized spacial score (nSPS) is 9.94. The predicted molar refractivity (Wildman–Crippen MR) is 64.7 cm³/mol. The second-order valence-electron chi connectivity index (χ2n) is 3.24. The number of ether oxygens (including phenoxy) is 1. The van der Waals surface area contributed by atoms with Crippen molar-refractivity contribution in [2.45, 2.75) is 13.8 Å². The van der Waals surface area contributed by atoms with Gasteiger partial charge in [-0.15, -0.1) is 0 Å². The summed E-state index contributed by atoms with van der Waals surface area (Å²) in [6.45, 7) is 4.99. The molecule has 0 saturated carbocycles. The Kier molecular flexibility index (Phi) is 4.79. The van der Waals surface area contributed by atoms with Crippen molar-refractivity contribution >= 4 is 11.6 Å². The van der Waals surface area contributed by atoms with Gasteiger partial charge in [0.15, 0.2) is 0 Å². The molecule has 0 spiro atoms. The van der Waals surface area contributed by atoms with E-state index < -0.39 is 0 Å². The minimum atomic E-state index is -0.102. The molecule has 0 saturated heterocycles. The Balaban J connectivity index is 3.03. The number of nitrogens with zero attached hydrogens (tertiary/aromatic N) is 1. The summed E-state index contributed by atoms with van der Waals surface area (Å²) in [4.78, 5) is 13.3. The van der Waals surface area contributed by atoms with Crippen molar-refractivity contribution in [2.75, 3.05) is 24.6 Å². The molecule has 0 aliphatic heterocycles. The summed E-state index contributed by atoms with van der Waals surface area (Å²) in [6.07, 6.45) is 0. The van der Waals surface area contributed by atoms with Gasteiger partial charge in [-0.1, -0.05) is 12.1 Å². The van der Waals surface area contributed by atoms with Gasteiger partial charge in [0.25, 0.3) is 0 Å². The molecule has 1 amide bonds. The van der Waals surface area contributed by atoms with Crippen molar-refractivity contribution in [3.63, 3.8) is 0 Å². The molecule has 2 N–H and O–H groups in total. The summed E-state index contributed by atoms with van der Waals surface area (Å²) in [5, 5.41) is 0. The first-order valence-corrected chi connectivity index (χ1v) is 5.46. The van der Waals surface area contributed by atoms with Crippen LogP contribution in [0.3, 0.4) is 0 Å². The Morgan fingerprint density at radius 2 is 2.06 bits per heavy atom. The summed E-state index contributed by atoms with van der Waals surface area (Å²) in [5.74, 6) is 0.614. The van der Waals surface area contributed by atoms with E-state index in [9.17, 15) is 4.79 Å². The molecule has 4 heteroatoms. The third kappa shape index (κ3) is 2.73. The van der Waals surface area contributed by atoms with Crippen LogP contribution in [0.15, 0.2) is 24.3 Å². The van der Waals surface area contributed by atoms with Crippen LogP contribution in [-0.2, 0) is 4.79 Å². The summed E-state index contributed by atoms with van der Waals surface area (Å²) in [6, 6.07) is 7.48. The van der Waals surface area contributed by atoms with E-state index in [0.717, 1.165) is 5.69 Å². The Morgan fingerprint density at radius 1 is 1.38 bits per heavy atom. The molecular weight excluding hydrogens is 204 g/mol. The van der Waals surface area contributed by atoms with Crippen LogP contribution >= 0.6 is 0 Å². The molecule has 0 heterocycles. The largest absolute Gasteiger partial charge is 0.492 e. The number of likely N-dealkylation sites (N-methyl/N-ethyl adjacent to an activating group) is 1. The summed E-state index contributed by atoms with van der Waals surface area (Å²) < 4.78 is 5.48. The van der Waals surface area contributed by atoms with E-state index in [1.165, 1.54) is 0 Å². The minimum absolute atomic E-state index is 0.00823. The zero-order chi connectivity index (χ0) is 12.0. The third-order valence-corrected chi connectivity index (χ3v) is 2.25. The van der Waals surface area contributed by atoms with E-state index in [2.05, 4.69) is 0 Å². The van der Waals surface area contributed by atoms with Crippen LogP contribution < -0.4 is 15.4 Å². The topological polar surface area (TPSA) is 55.6 Å². The molecule has 0 atom stereocenters. The predicted octanol–water partition coefficient (Wildman–Crippen LogP) is 1.40. The number of carbonyl (C=O) groups excluding carboxylic acids is 1. The van der Waals surface area contributed by atoms with Crippen molar-refractivity contribution in [2.24, 2.45) is 5.73 Å². The van der Waals surface area contributed by atoms with E-state index in [0.29, 0.717) is 18.9 Å². The molecule has 0 bridgehead atoms. The van der Waals surface area contributed by atoms with E-state index in [1.807, 2.05) is 38.1 Å². The lowest BCUT2D eigenvalue weighted by Crippen LogP contribution is -2.36. The van der Waals surface area contributed by atoms with Crippen LogP contribution in [0.25, 0.3) is 0 Å². The van der Waals surface area contributed by atoms with Gasteiger partial charge in [0.05, 0.1) is 18.8 Å². The number of rotatable bonds is 5. The third-order valence-electron chi connectivity index (χ3n) is 2.25. The lowest BCUT2D eigenvalue weighted by molar-refractivity contribution is -0.117. The van der Waals surface area contributed by atoms with Crippen molar-refractivity contribution in [3.8, 4) is 5.75 Å². The quantitative estimate of drug-likeness (QED) is 0.819. The molecular formula is C12H18N2O2. The van der Waals surface area contributed by atoms with Crippen molar-refractivity contribution in [3.05, 3.63) is 24.3 Å². The van der Waals surface area contributed by atoms with Crippen LogP contribution in [0.1, 0.15) is 13.8 Å². The SMILES string of the molecule is CCOc1ccccc1N(CC)C(=O)CN.